The molecular formula is C13H24N2O2. The number of nitrogens with one attached hydrogen (secondary N) is 1. The van der Waals surface area contributed by atoms with Crippen LogP contribution in [0.4, 0.5) is 0 Å². The molecule has 0 amide bonds. The molecule has 2 saturated heterocycles. The second-order valence-electron chi connectivity index (χ2n) is 6.07. The molecule has 2 atom stereocenters. The van der Waals surface area contributed by atoms with Gasteiger partial charge in [0.1, 0.15) is 0 Å². The second kappa shape index (κ2) is 4.94. The lowest BCUT2D eigenvalue weighted by Crippen LogP contribution is -2.48. The van der Waals surface area contributed by atoms with Crippen molar-refractivity contribution in [2.45, 2.75) is 51.6 Å². The first-order valence-corrected chi connectivity index (χ1v) is 6.71. The van der Waals surface area contributed by atoms with Crippen molar-refractivity contribution in [3.05, 3.63) is 0 Å². The highest BCUT2D eigenvalue weighted by Gasteiger charge is 2.38. The number of carboxylic acid groups (broad SMARTS) is 1. The van der Waals surface area contributed by atoms with E-state index >= 15 is 0 Å². The summed E-state index contributed by atoms with van der Waals surface area (Å²) in [5.41, 5.74) is -0.638. The average Bonchev–Trinajstić information content (AvgIpc) is 2.85. The Morgan fingerprint density at radius 2 is 2.18 bits per heavy atom. The zero-order chi connectivity index (χ0) is 12.5. The van der Waals surface area contributed by atoms with Gasteiger partial charge in [-0.1, -0.05) is 0 Å². The van der Waals surface area contributed by atoms with Crippen LogP contribution in [0.5, 0.6) is 0 Å². The van der Waals surface area contributed by atoms with Crippen molar-refractivity contribution in [2.24, 2.45) is 5.41 Å². The van der Waals surface area contributed by atoms with Gasteiger partial charge >= 0.3 is 5.97 Å². The summed E-state index contributed by atoms with van der Waals surface area (Å²) in [5, 5.41) is 12.8. The zero-order valence-corrected chi connectivity index (χ0v) is 10.9. The Bertz CT molecular complexity index is 285. The molecule has 4 nitrogen and oxygen atoms in total. The highest BCUT2D eigenvalue weighted by Crippen LogP contribution is 2.28. The Balaban J connectivity index is 1.97. The van der Waals surface area contributed by atoms with E-state index in [0.29, 0.717) is 18.6 Å². The lowest BCUT2D eigenvalue weighted by Gasteiger charge is -2.34. The van der Waals surface area contributed by atoms with Gasteiger partial charge in [-0.2, -0.15) is 0 Å². The second-order valence-corrected chi connectivity index (χ2v) is 6.07. The molecule has 2 N–H and O–H groups in total. The predicted octanol–water partition coefficient (Wildman–Crippen LogP) is 1.31. The van der Waals surface area contributed by atoms with Gasteiger partial charge in [0, 0.05) is 18.6 Å². The Morgan fingerprint density at radius 1 is 1.41 bits per heavy atom. The number of rotatable bonds is 4. The average molecular weight is 240 g/mol. The first-order valence-electron chi connectivity index (χ1n) is 6.71. The van der Waals surface area contributed by atoms with Crippen molar-refractivity contribution in [1.29, 1.82) is 0 Å². The topological polar surface area (TPSA) is 52.6 Å². The summed E-state index contributed by atoms with van der Waals surface area (Å²) < 4.78 is 0. The minimum absolute atomic E-state index is 0.552. The van der Waals surface area contributed by atoms with E-state index in [2.05, 4.69) is 10.2 Å². The van der Waals surface area contributed by atoms with Crippen molar-refractivity contribution in [1.82, 2.24) is 10.2 Å². The molecule has 0 aromatic rings. The maximum Gasteiger partial charge on any atom is 0.310 e. The van der Waals surface area contributed by atoms with E-state index in [1.807, 2.05) is 13.8 Å². The highest BCUT2D eigenvalue weighted by molar-refractivity contribution is 5.73. The summed E-state index contributed by atoms with van der Waals surface area (Å²) >= 11 is 0. The molecule has 2 unspecified atom stereocenters. The van der Waals surface area contributed by atoms with E-state index in [4.69, 9.17) is 0 Å². The molecule has 4 heteroatoms. The molecule has 2 aliphatic heterocycles. The van der Waals surface area contributed by atoms with Crippen molar-refractivity contribution in [3.63, 3.8) is 0 Å². The number of aliphatic carboxylic acids is 1. The van der Waals surface area contributed by atoms with Gasteiger partial charge < -0.3 is 10.4 Å². The van der Waals surface area contributed by atoms with Gasteiger partial charge in [0.15, 0.2) is 0 Å². The lowest BCUT2D eigenvalue weighted by molar-refractivity contribution is -0.148. The van der Waals surface area contributed by atoms with Gasteiger partial charge in [0.25, 0.3) is 0 Å². The van der Waals surface area contributed by atoms with Gasteiger partial charge in [0.05, 0.1) is 5.41 Å². The largest absolute Gasteiger partial charge is 0.481 e. The molecule has 98 valence electrons. The number of carboxylic acids is 1. The quantitative estimate of drug-likeness (QED) is 0.778. The Labute approximate surface area is 103 Å². The standard InChI is InChI=1S/C13H24N2O2/c1-13(2,12(16)17)9-15-8-4-6-11(15)10-5-3-7-14-10/h10-11,14H,3-9H2,1-2H3,(H,16,17). The van der Waals surface area contributed by atoms with Crippen molar-refractivity contribution >= 4 is 5.97 Å². The van der Waals surface area contributed by atoms with E-state index in [9.17, 15) is 9.90 Å². The fraction of sp³-hybridized carbons (Fsp3) is 0.923. The minimum atomic E-state index is -0.692. The third kappa shape index (κ3) is 2.80. The Morgan fingerprint density at radius 3 is 2.76 bits per heavy atom. The summed E-state index contributed by atoms with van der Waals surface area (Å²) in [7, 11) is 0. The number of hydrogen-bond donors (Lipinski definition) is 2. The molecule has 0 bridgehead atoms. The monoisotopic (exact) mass is 240 g/mol. The van der Waals surface area contributed by atoms with Crippen LogP contribution in [0.1, 0.15) is 39.5 Å². The first kappa shape index (κ1) is 12.8. The van der Waals surface area contributed by atoms with Crippen LogP contribution in [0.25, 0.3) is 0 Å². The van der Waals surface area contributed by atoms with Gasteiger partial charge in [0.2, 0.25) is 0 Å². The smallest absolute Gasteiger partial charge is 0.310 e. The lowest BCUT2D eigenvalue weighted by atomic mass is 9.92. The number of nitrogens with zero attached hydrogens (tertiary/aromatic N) is 1. The number of carbonyl (C=O) groups is 1. The van der Waals surface area contributed by atoms with Crippen LogP contribution < -0.4 is 5.32 Å². The molecule has 0 aromatic carbocycles. The number of hydrogen-bond acceptors (Lipinski definition) is 3. The summed E-state index contributed by atoms with van der Waals surface area (Å²) in [5.74, 6) is -0.692. The minimum Gasteiger partial charge on any atom is -0.481 e. The van der Waals surface area contributed by atoms with Crippen LogP contribution in [0.3, 0.4) is 0 Å². The molecule has 2 aliphatic rings. The fourth-order valence-electron chi connectivity index (χ4n) is 3.12. The summed E-state index contributed by atoms with van der Waals surface area (Å²) in [4.78, 5) is 13.6. The maximum atomic E-state index is 11.2. The molecule has 0 aromatic heterocycles. The van der Waals surface area contributed by atoms with Crippen LogP contribution in [0.15, 0.2) is 0 Å². The van der Waals surface area contributed by atoms with Gasteiger partial charge in [-0.25, -0.2) is 0 Å². The first-order chi connectivity index (χ1) is 8.00. The van der Waals surface area contributed by atoms with Crippen LogP contribution in [-0.4, -0.2) is 47.7 Å². The third-order valence-electron chi connectivity index (χ3n) is 4.15. The molecule has 17 heavy (non-hydrogen) atoms. The van der Waals surface area contributed by atoms with Gasteiger partial charge in [-0.3, -0.25) is 9.69 Å². The highest BCUT2D eigenvalue weighted by atomic mass is 16.4. The van der Waals surface area contributed by atoms with Crippen molar-refractivity contribution in [3.8, 4) is 0 Å². The van der Waals surface area contributed by atoms with Crippen LogP contribution in [-0.2, 0) is 4.79 Å². The molecular weight excluding hydrogens is 216 g/mol. The molecule has 2 rings (SSSR count). The normalized spacial score (nSPS) is 30.9. The van der Waals surface area contributed by atoms with E-state index in [0.717, 1.165) is 13.1 Å². The van der Waals surface area contributed by atoms with E-state index in [-0.39, 0.29) is 0 Å². The molecule has 0 radical (unpaired) electrons. The molecule has 2 fully saturated rings. The zero-order valence-electron chi connectivity index (χ0n) is 10.9. The van der Waals surface area contributed by atoms with Gasteiger partial charge in [-0.15, -0.1) is 0 Å². The van der Waals surface area contributed by atoms with Crippen LogP contribution in [0, 0.1) is 5.41 Å². The SMILES string of the molecule is CC(C)(CN1CCCC1C1CCCN1)C(=O)O. The Hall–Kier alpha value is -0.610. The number of likely N-dealkylation sites (tertiary alicyclic amines) is 1. The fourth-order valence-corrected chi connectivity index (χ4v) is 3.12. The van der Waals surface area contributed by atoms with Gasteiger partial charge in [-0.05, 0) is 52.6 Å². The Kier molecular flexibility index (Phi) is 3.73. The maximum absolute atomic E-state index is 11.2. The summed E-state index contributed by atoms with van der Waals surface area (Å²) in [6, 6.07) is 1.14. The van der Waals surface area contributed by atoms with Crippen LogP contribution in [0.2, 0.25) is 0 Å². The van der Waals surface area contributed by atoms with Crippen LogP contribution >= 0.6 is 0 Å². The molecule has 0 saturated carbocycles. The van der Waals surface area contributed by atoms with E-state index < -0.39 is 11.4 Å². The summed E-state index contributed by atoms with van der Waals surface area (Å²) in [6.07, 6.45) is 4.93. The molecule has 0 spiro atoms. The predicted molar refractivity (Wildman–Crippen MR) is 67.0 cm³/mol. The van der Waals surface area contributed by atoms with E-state index in [1.165, 1.54) is 25.7 Å². The summed E-state index contributed by atoms with van der Waals surface area (Å²) in [6.45, 7) is 6.50. The molecule has 0 aliphatic carbocycles. The van der Waals surface area contributed by atoms with Crippen molar-refractivity contribution in [2.75, 3.05) is 19.6 Å². The van der Waals surface area contributed by atoms with Crippen molar-refractivity contribution < 1.29 is 9.90 Å². The molecule has 2 heterocycles. The van der Waals surface area contributed by atoms with E-state index in [1.54, 1.807) is 0 Å². The third-order valence-corrected chi connectivity index (χ3v) is 4.15.